The van der Waals surface area contributed by atoms with Crippen LogP contribution in [0.5, 0.6) is 0 Å². The lowest BCUT2D eigenvalue weighted by Crippen LogP contribution is -1.90. The van der Waals surface area contributed by atoms with Crippen LogP contribution in [0.1, 0.15) is 12.5 Å². The van der Waals surface area contributed by atoms with Crippen molar-refractivity contribution in [2.45, 2.75) is 6.92 Å². The summed E-state index contributed by atoms with van der Waals surface area (Å²) in [4.78, 5) is 8.49. The molecule has 0 amide bonds. The minimum atomic E-state index is 0.549. The molecule has 15 heavy (non-hydrogen) atoms. The maximum absolute atomic E-state index is 5.83. The van der Waals surface area contributed by atoms with Crippen LogP contribution in [-0.2, 0) is 0 Å². The summed E-state index contributed by atoms with van der Waals surface area (Å²) >= 11 is 0. The van der Waals surface area contributed by atoms with Crippen molar-refractivity contribution in [2.24, 2.45) is 4.99 Å². The number of nitrogen functional groups attached to an aromatic ring is 1. The van der Waals surface area contributed by atoms with Gasteiger partial charge in [0.1, 0.15) is 5.82 Å². The Labute approximate surface area is 89.0 Å². The molecule has 0 unspecified atom stereocenters. The second-order valence-electron chi connectivity index (χ2n) is 3.25. The van der Waals surface area contributed by atoms with Crippen LogP contribution < -0.4 is 5.73 Å². The Morgan fingerprint density at radius 2 is 2.13 bits per heavy atom. The molecule has 0 spiro atoms. The molecule has 0 fully saturated rings. The normalized spacial score (nSPS) is 11.3. The number of hydrogen-bond acceptors (Lipinski definition) is 3. The standard InChI is InChI=1S/C12H13N3/c1-2-14-8-10-9-6-4-3-5-7-11(9)15-12(10)13/h3-8H,2H2,1H3,(H2,13,15). The lowest BCUT2D eigenvalue weighted by Gasteiger charge is -1.92. The van der Waals surface area contributed by atoms with E-state index < -0.39 is 0 Å². The predicted octanol–water partition coefficient (Wildman–Crippen LogP) is 2.21. The van der Waals surface area contributed by atoms with Crippen molar-refractivity contribution in [3.63, 3.8) is 0 Å². The molecule has 1 aliphatic heterocycles. The average molecular weight is 199 g/mol. The fourth-order valence-corrected chi connectivity index (χ4v) is 1.51. The highest BCUT2D eigenvalue weighted by Crippen LogP contribution is 2.27. The molecule has 0 aromatic rings. The molecule has 0 aromatic heterocycles. The maximum atomic E-state index is 5.83. The summed E-state index contributed by atoms with van der Waals surface area (Å²) < 4.78 is 0. The van der Waals surface area contributed by atoms with Gasteiger partial charge in [0, 0.05) is 23.9 Å². The highest BCUT2D eigenvalue weighted by atomic mass is 14.9. The molecular formula is C12H13N3. The van der Waals surface area contributed by atoms with Crippen molar-refractivity contribution >= 4 is 12.0 Å². The lowest BCUT2D eigenvalue weighted by molar-refractivity contribution is 1.14. The summed E-state index contributed by atoms with van der Waals surface area (Å²) in [7, 11) is 0. The van der Waals surface area contributed by atoms with Gasteiger partial charge in [0.25, 0.3) is 0 Å². The Kier molecular flexibility index (Phi) is 2.63. The number of hydrogen-bond donors (Lipinski definition) is 1. The number of fused-ring (bicyclic) bond motifs is 1. The Bertz CT molecular complexity index is 463. The Morgan fingerprint density at radius 1 is 1.33 bits per heavy atom. The van der Waals surface area contributed by atoms with Crippen molar-refractivity contribution in [3.8, 4) is 11.3 Å². The largest absolute Gasteiger partial charge is 0.383 e. The first kappa shape index (κ1) is 9.65. The third-order valence-electron chi connectivity index (χ3n) is 2.23. The summed E-state index contributed by atoms with van der Waals surface area (Å²) in [6, 6.07) is 9.87. The van der Waals surface area contributed by atoms with Crippen molar-refractivity contribution in [3.05, 3.63) is 35.9 Å². The zero-order chi connectivity index (χ0) is 10.7. The van der Waals surface area contributed by atoms with Crippen molar-refractivity contribution in [2.75, 3.05) is 12.3 Å². The van der Waals surface area contributed by atoms with Crippen LogP contribution in [0.15, 0.2) is 35.3 Å². The van der Waals surface area contributed by atoms with Crippen molar-refractivity contribution in [1.82, 2.24) is 4.98 Å². The molecule has 0 saturated heterocycles. The van der Waals surface area contributed by atoms with E-state index in [0.29, 0.717) is 5.82 Å². The van der Waals surface area contributed by atoms with Gasteiger partial charge < -0.3 is 5.73 Å². The predicted molar refractivity (Wildman–Crippen MR) is 63.4 cm³/mol. The molecular weight excluding hydrogens is 186 g/mol. The molecule has 2 N–H and O–H groups in total. The number of anilines is 1. The van der Waals surface area contributed by atoms with Gasteiger partial charge >= 0.3 is 0 Å². The summed E-state index contributed by atoms with van der Waals surface area (Å²) in [5.41, 5.74) is 8.71. The van der Waals surface area contributed by atoms with E-state index in [1.165, 1.54) is 0 Å². The highest BCUT2D eigenvalue weighted by Gasteiger charge is 2.12. The molecule has 76 valence electrons. The van der Waals surface area contributed by atoms with Gasteiger partial charge in [-0.2, -0.15) is 0 Å². The van der Waals surface area contributed by atoms with Gasteiger partial charge in [0.2, 0.25) is 0 Å². The van der Waals surface area contributed by atoms with Gasteiger partial charge in [-0.05, 0) is 13.0 Å². The number of aromatic nitrogens is 1. The second-order valence-corrected chi connectivity index (χ2v) is 3.25. The third kappa shape index (κ3) is 1.81. The zero-order valence-corrected chi connectivity index (χ0v) is 8.64. The van der Waals surface area contributed by atoms with Crippen LogP contribution in [0.4, 0.5) is 5.82 Å². The minimum Gasteiger partial charge on any atom is -0.383 e. The molecule has 0 atom stereocenters. The molecule has 0 radical (unpaired) electrons. The van der Waals surface area contributed by atoms with Gasteiger partial charge in [0.05, 0.1) is 5.69 Å². The van der Waals surface area contributed by atoms with E-state index in [1.807, 2.05) is 37.3 Å². The van der Waals surface area contributed by atoms with Crippen LogP contribution >= 0.6 is 0 Å². The topological polar surface area (TPSA) is 51.3 Å². The molecule has 0 bridgehead atoms. The third-order valence-corrected chi connectivity index (χ3v) is 2.23. The van der Waals surface area contributed by atoms with E-state index in [4.69, 9.17) is 5.73 Å². The summed E-state index contributed by atoms with van der Waals surface area (Å²) in [5.74, 6) is 0.549. The van der Waals surface area contributed by atoms with Crippen LogP contribution in [0.2, 0.25) is 0 Å². The molecule has 1 heterocycles. The zero-order valence-electron chi connectivity index (χ0n) is 8.64. The van der Waals surface area contributed by atoms with Gasteiger partial charge in [-0.1, -0.05) is 24.3 Å². The van der Waals surface area contributed by atoms with Crippen LogP contribution in [0.25, 0.3) is 11.3 Å². The van der Waals surface area contributed by atoms with Crippen LogP contribution in [-0.4, -0.2) is 17.7 Å². The van der Waals surface area contributed by atoms with Gasteiger partial charge in [-0.15, -0.1) is 0 Å². The molecule has 1 aliphatic carbocycles. The molecule has 2 aliphatic rings. The quantitative estimate of drug-likeness (QED) is 0.754. The Morgan fingerprint density at radius 3 is 2.93 bits per heavy atom. The monoisotopic (exact) mass is 199 g/mol. The number of aliphatic imine (C=N–C) groups is 1. The SMILES string of the molecule is CCN=Cc1c2cccccc-2nc1N. The fourth-order valence-electron chi connectivity index (χ4n) is 1.51. The molecule has 0 aromatic carbocycles. The average Bonchev–Trinajstić information content (AvgIpc) is 2.41. The van der Waals surface area contributed by atoms with E-state index in [1.54, 1.807) is 6.21 Å². The number of nitrogens with zero attached hydrogens (tertiary/aromatic N) is 2. The van der Waals surface area contributed by atoms with Gasteiger partial charge in [-0.25, -0.2) is 4.98 Å². The summed E-state index contributed by atoms with van der Waals surface area (Å²) in [5, 5.41) is 0. The summed E-state index contributed by atoms with van der Waals surface area (Å²) in [6.45, 7) is 2.75. The molecule has 3 nitrogen and oxygen atoms in total. The molecule has 3 heteroatoms. The van der Waals surface area contributed by atoms with E-state index in [2.05, 4.69) is 9.98 Å². The van der Waals surface area contributed by atoms with Gasteiger partial charge in [-0.3, -0.25) is 4.99 Å². The first-order chi connectivity index (χ1) is 7.33. The minimum absolute atomic E-state index is 0.549. The van der Waals surface area contributed by atoms with E-state index in [-0.39, 0.29) is 0 Å². The number of nitrogens with two attached hydrogens (primary N) is 1. The summed E-state index contributed by atoms with van der Waals surface area (Å²) in [6.07, 6.45) is 1.80. The van der Waals surface area contributed by atoms with Crippen LogP contribution in [0.3, 0.4) is 0 Å². The van der Waals surface area contributed by atoms with E-state index >= 15 is 0 Å². The second kappa shape index (κ2) is 4.09. The Balaban J connectivity index is 2.58. The fraction of sp³-hybridized carbons (Fsp3) is 0.167. The first-order valence-corrected chi connectivity index (χ1v) is 4.97. The van der Waals surface area contributed by atoms with Crippen molar-refractivity contribution < 1.29 is 0 Å². The maximum Gasteiger partial charge on any atom is 0.133 e. The molecule has 2 rings (SSSR count). The molecule has 0 saturated carbocycles. The van der Waals surface area contributed by atoms with E-state index in [0.717, 1.165) is 23.4 Å². The van der Waals surface area contributed by atoms with Gasteiger partial charge in [0.15, 0.2) is 0 Å². The smallest absolute Gasteiger partial charge is 0.133 e. The van der Waals surface area contributed by atoms with E-state index in [9.17, 15) is 0 Å². The lowest BCUT2D eigenvalue weighted by atomic mass is 10.1. The van der Waals surface area contributed by atoms with Crippen molar-refractivity contribution in [1.29, 1.82) is 0 Å². The first-order valence-electron chi connectivity index (χ1n) is 4.97. The number of rotatable bonds is 2. The van der Waals surface area contributed by atoms with Crippen LogP contribution in [0, 0.1) is 0 Å². The Hall–Kier alpha value is -1.90. The highest BCUT2D eigenvalue weighted by molar-refractivity contribution is 5.96.